The fourth-order valence-corrected chi connectivity index (χ4v) is 2.90. The van der Waals surface area contributed by atoms with Crippen molar-refractivity contribution in [2.45, 2.75) is 44.2 Å². The number of hydrogen-bond donors (Lipinski definition) is 1. The van der Waals surface area contributed by atoms with Gasteiger partial charge in [-0.3, -0.25) is 0 Å². The first kappa shape index (κ1) is 12.5. The van der Waals surface area contributed by atoms with Crippen LogP contribution in [-0.2, 0) is 0 Å². The third kappa shape index (κ3) is 3.08. The number of nitrogens with zero attached hydrogens (tertiary/aromatic N) is 2. The fourth-order valence-electron chi connectivity index (χ4n) is 2.90. The van der Waals surface area contributed by atoms with E-state index in [2.05, 4.69) is 28.4 Å². The van der Waals surface area contributed by atoms with E-state index in [0.29, 0.717) is 6.04 Å². The Balaban J connectivity index is 1.70. The van der Waals surface area contributed by atoms with Crippen LogP contribution >= 0.6 is 0 Å². The van der Waals surface area contributed by atoms with Gasteiger partial charge in [-0.05, 0) is 56.5 Å². The lowest BCUT2D eigenvalue weighted by atomic mass is 10.0. The van der Waals surface area contributed by atoms with Crippen molar-refractivity contribution in [2.24, 2.45) is 0 Å². The van der Waals surface area contributed by atoms with Crippen molar-refractivity contribution in [3.63, 3.8) is 0 Å². The Morgan fingerprint density at radius 1 is 1.16 bits per heavy atom. The molecule has 1 N–H and O–H groups in total. The third-order valence-corrected chi connectivity index (χ3v) is 4.15. The summed E-state index contributed by atoms with van der Waals surface area (Å²) < 4.78 is 0. The Kier molecular flexibility index (Phi) is 3.70. The molecule has 100 valence electrons. The lowest BCUT2D eigenvalue weighted by Crippen LogP contribution is -2.44. The van der Waals surface area contributed by atoms with Crippen LogP contribution in [0.15, 0.2) is 24.3 Å². The highest BCUT2D eigenvalue weighted by Crippen LogP contribution is 2.32. The molecule has 0 aromatic heterocycles. The monoisotopic (exact) mass is 255 g/mol. The maximum Gasteiger partial charge on any atom is 0.0991 e. The average molecular weight is 255 g/mol. The molecule has 1 saturated heterocycles. The standard InChI is InChI=1S/C16H21N3/c17-11-13-4-6-15(7-5-13)19(16-8-9-16)12-14-3-1-2-10-18-14/h4-7,14,16,18H,1-3,8-10,12H2. The summed E-state index contributed by atoms with van der Waals surface area (Å²) in [6, 6.07) is 11.6. The van der Waals surface area contributed by atoms with Crippen molar-refractivity contribution in [1.29, 1.82) is 5.26 Å². The fraction of sp³-hybridized carbons (Fsp3) is 0.562. The number of piperidine rings is 1. The molecule has 3 nitrogen and oxygen atoms in total. The summed E-state index contributed by atoms with van der Waals surface area (Å²) in [4.78, 5) is 2.53. The van der Waals surface area contributed by atoms with Gasteiger partial charge in [-0.1, -0.05) is 6.42 Å². The van der Waals surface area contributed by atoms with Gasteiger partial charge in [-0.15, -0.1) is 0 Å². The van der Waals surface area contributed by atoms with Crippen LogP contribution in [0.2, 0.25) is 0 Å². The predicted molar refractivity (Wildman–Crippen MR) is 77.2 cm³/mol. The minimum absolute atomic E-state index is 0.630. The molecule has 0 radical (unpaired) electrons. The summed E-state index contributed by atoms with van der Waals surface area (Å²) in [5.41, 5.74) is 2.02. The molecule has 0 bridgehead atoms. The Morgan fingerprint density at radius 2 is 1.95 bits per heavy atom. The lowest BCUT2D eigenvalue weighted by molar-refractivity contribution is 0.398. The topological polar surface area (TPSA) is 39.1 Å². The molecule has 3 rings (SSSR count). The van der Waals surface area contributed by atoms with E-state index in [-0.39, 0.29) is 0 Å². The van der Waals surface area contributed by atoms with Crippen LogP contribution in [0.25, 0.3) is 0 Å². The summed E-state index contributed by atoms with van der Waals surface area (Å²) in [5.74, 6) is 0. The van der Waals surface area contributed by atoms with Crippen molar-refractivity contribution in [3.05, 3.63) is 29.8 Å². The van der Waals surface area contributed by atoms with Crippen LogP contribution in [0, 0.1) is 11.3 Å². The van der Waals surface area contributed by atoms with E-state index in [0.717, 1.165) is 24.7 Å². The number of nitriles is 1. The first-order chi connectivity index (χ1) is 9.36. The molecule has 3 heteroatoms. The molecule has 19 heavy (non-hydrogen) atoms. The van der Waals surface area contributed by atoms with Crippen LogP contribution < -0.4 is 10.2 Å². The van der Waals surface area contributed by atoms with E-state index in [1.54, 1.807) is 0 Å². The van der Waals surface area contributed by atoms with Gasteiger partial charge in [0.05, 0.1) is 11.6 Å². The normalized spacial score (nSPS) is 22.8. The van der Waals surface area contributed by atoms with Crippen molar-refractivity contribution in [2.75, 3.05) is 18.0 Å². The smallest absolute Gasteiger partial charge is 0.0991 e. The number of anilines is 1. The summed E-state index contributed by atoms with van der Waals surface area (Å²) in [6.07, 6.45) is 6.58. The molecule has 1 unspecified atom stereocenters. The largest absolute Gasteiger partial charge is 0.367 e. The van der Waals surface area contributed by atoms with Crippen LogP contribution in [0.4, 0.5) is 5.69 Å². The highest BCUT2D eigenvalue weighted by Gasteiger charge is 2.31. The Hall–Kier alpha value is -1.53. The van der Waals surface area contributed by atoms with Gasteiger partial charge in [0.1, 0.15) is 0 Å². The number of nitrogens with one attached hydrogen (secondary N) is 1. The second kappa shape index (κ2) is 5.63. The quantitative estimate of drug-likeness (QED) is 0.899. The molecule has 1 aliphatic carbocycles. The summed E-state index contributed by atoms with van der Waals surface area (Å²) in [7, 11) is 0. The van der Waals surface area contributed by atoms with E-state index in [1.807, 2.05) is 12.1 Å². The van der Waals surface area contributed by atoms with Crippen molar-refractivity contribution < 1.29 is 0 Å². The molecule has 1 aromatic carbocycles. The molecule has 1 saturated carbocycles. The summed E-state index contributed by atoms with van der Waals surface area (Å²) >= 11 is 0. The van der Waals surface area contributed by atoms with Gasteiger partial charge in [-0.25, -0.2) is 0 Å². The van der Waals surface area contributed by atoms with Crippen molar-refractivity contribution >= 4 is 5.69 Å². The molecule has 0 spiro atoms. The maximum absolute atomic E-state index is 8.88. The van der Waals surface area contributed by atoms with Crippen LogP contribution in [0.3, 0.4) is 0 Å². The third-order valence-electron chi connectivity index (χ3n) is 4.15. The molecule has 0 amide bonds. The van der Waals surface area contributed by atoms with Crippen LogP contribution in [0.1, 0.15) is 37.7 Å². The minimum atomic E-state index is 0.630. The molecule has 1 aromatic rings. The molecule has 1 atom stereocenters. The van der Waals surface area contributed by atoms with Gasteiger partial charge in [0, 0.05) is 24.3 Å². The predicted octanol–water partition coefficient (Wildman–Crippen LogP) is 2.67. The van der Waals surface area contributed by atoms with Gasteiger partial charge < -0.3 is 10.2 Å². The summed E-state index contributed by atoms with van der Waals surface area (Å²) in [6.45, 7) is 2.27. The average Bonchev–Trinajstić information content (AvgIpc) is 3.31. The SMILES string of the molecule is N#Cc1ccc(N(CC2CCCCN2)C2CC2)cc1. The van der Waals surface area contributed by atoms with E-state index < -0.39 is 0 Å². The van der Waals surface area contributed by atoms with E-state index in [4.69, 9.17) is 5.26 Å². The molecular weight excluding hydrogens is 234 g/mol. The second-order valence-corrected chi connectivity index (χ2v) is 5.69. The van der Waals surface area contributed by atoms with Gasteiger partial charge in [-0.2, -0.15) is 5.26 Å². The zero-order chi connectivity index (χ0) is 13.1. The number of rotatable bonds is 4. The highest BCUT2D eigenvalue weighted by molar-refractivity contribution is 5.51. The van der Waals surface area contributed by atoms with Gasteiger partial charge in [0.15, 0.2) is 0 Å². The van der Waals surface area contributed by atoms with Crippen LogP contribution in [-0.4, -0.2) is 25.2 Å². The van der Waals surface area contributed by atoms with Crippen molar-refractivity contribution in [3.8, 4) is 6.07 Å². The molecule has 2 aliphatic rings. The minimum Gasteiger partial charge on any atom is -0.367 e. The zero-order valence-electron chi connectivity index (χ0n) is 11.3. The first-order valence-electron chi connectivity index (χ1n) is 7.37. The Labute approximate surface area is 115 Å². The van der Waals surface area contributed by atoms with E-state index >= 15 is 0 Å². The van der Waals surface area contributed by atoms with Gasteiger partial charge in [0.2, 0.25) is 0 Å². The highest BCUT2D eigenvalue weighted by atomic mass is 15.2. The molecule has 1 aliphatic heterocycles. The van der Waals surface area contributed by atoms with Gasteiger partial charge in [0.25, 0.3) is 0 Å². The Morgan fingerprint density at radius 3 is 2.53 bits per heavy atom. The van der Waals surface area contributed by atoms with E-state index in [9.17, 15) is 0 Å². The molecular formula is C16H21N3. The molecule has 2 fully saturated rings. The van der Waals surface area contributed by atoms with Crippen LogP contribution in [0.5, 0.6) is 0 Å². The zero-order valence-corrected chi connectivity index (χ0v) is 11.3. The Bertz CT molecular complexity index is 450. The lowest BCUT2D eigenvalue weighted by Gasteiger charge is -2.32. The summed E-state index contributed by atoms with van der Waals surface area (Å²) in [5, 5.41) is 12.5. The molecule has 1 heterocycles. The number of hydrogen-bond acceptors (Lipinski definition) is 3. The maximum atomic E-state index is 8.88. The first-order valence-corrected chi connectivity index (χ1v) is 7.37. The second-order valence-electron chi connectivity index (χ2n) is 5.69. The van der Waals surface area contributed by atoms with Gasteiger partial charge >= 0.3 is 0 Å². The van der Waals surface area contributed by atoms with E-state index in [1.165, 1.54) is 37.8 Å². The van der Waals surface area contributed by atoms with Crippen molar-refractivity contribution in [1.82, 2.24) is 5.32 Å². The number of benzene rings is 1.